The van der Waals surface area contributed by atoms with Gasteiger partial charge in [-0.2, -0.15) is 0 Å². The van der Waals surface area contributed by atoms with Gasteiger partial charge in [-0.25, -0.2) is 0 Å². The lowest BCUT2D eigenvalue weighted by Gasteiger charge is -2.41. The van der Waals surface area contributed by atoms with Crippen molar-refractivity contribution in [3.05, 3.63) is 0 Å². The first-order valence-corrected chi connectivity index (χ1v) is 4.13. The summed E-state index contributed by atoms with van der Waals surface area (Å²) in [6, 6.07) is 0.295. The maximum atomic E-state index is 9.90. The molecule has 0 saturated carbocycles. The molecule has 1 saturated heterocycles. The van der Waals surface area contributed by atoms with E-state index < -0.39 is 5.60 Å². The summed E-state index contributed by atoms with van der Waals surface area (Å²) in [7, 11) is 4.04. The molecule has 1 fully saturated rings. The maximum absolute atomic E-state index is 9.90. The van der Waals surface area contributed by atoms with Crippen LogP contribution in [-0.4, -0.2) is 48.8 Å². The predicted octanol–water partition coefficient (Wildman–Crippen LogP) is -0.339. The van der Waals surface area contributed by atoms with Gasteiger partial charge in [0, 0.05) is 12.6 Å². The SMILES string of the molecule is CN(C)[C@@H]1CCNC[C@@]1(C)O. The Morgan fingerprint density at radius 3 is 2.55 bits per heavy atom. The zero-order valence-electron chi connectivity index (χ0n) is 7.59. The summed E-state index contributed by atoms with van der Waals surface area (Å²) in [6.45, 7) is 3.61. The van der Waals surface area contributed by atoms with Crippen LogP contribution < -0.4 is 5.32 Å². The van der Waals surface area contributed by atoms with Gasteiger partial charge in [-0.3, -0.25) is 0 Å². The van der Waals surface area contributed by atoms with E-state index in [0.717, 1.165) is 13.0 Å². The third-order valence-electron chi connectivity index (χ3n) is 2.42. The summed E-state index contributed by atoms with van der Waals surface area (Å²) in [6.07, 6.45) is 1.03. The molecule has 0 aromatic carbocycles. The van der Waals surface area contributed by atoms with Crippen molar-refractivity contribution in [3.8, 4) is 0 Å². The highest BCUT2D eigenvalue weighted by Gasteiger charge is 2.35. The molecule has 11 heavy (non-hydrogen) atoms. The van der Waals surface area contributed by atoms with Gasteiger partial charge < -0.3 is 15.3 Å². The number of likely N-dealkylation sites (N-methyl/N-ethyl adjacent to an activating group) is 1. The lowest BCUT2D eigenvalue weighted by molar-refractivity contribution is -0.0343. The monoisotopic (exact) mass is 158 g/mol. The third-order valence-corrected chi connectivity index (χ3v) is 2.42. The molecule has 1 aliphatic heterocycles. The molecule has 0 spiro atoms. The van der Waals surface area contributed by atoms with E-state index >= 15 is 0 Å². The Balaban J connectivity index is 2.60. The molecular weight excluding hydrogens is 140 g/mol. The van der Waals surface area contributed by atoms with Crippen LogP contribution in [0.3, 0.4) is 0 Å². The summed E-state index contributed by atoms with van der Waals surface area (Å²) in [4.78, 5) is 2.10. The molecular formula is C8H18N2O. The molecule has 0 aromatic rings. The van der Waals surface area contributed by atoms with Gasteiger partial charge in [0.05, 0.1) is 5.60 Å². The molecule has 66 valence electrons. The van der Waals surface area contributed by atoms with E-state index in [1.54, 1.807) is 0 Å². The third kappa shape index (κ3) is 1.92. The minimum atomic E-state index is -0.568. The number of nitrogens with zero attached hydrogens (tertiary/aromatic N) is 1. The Morgan fingerprint density at radius 2 is 2.18 bits per heavy atom. The van der Waals surface area contributed by atoms with E-state index in [2.05, 4.69) is 10.2 Å². The number of β-amino-alcohol motifs (C(OH)–C–C–N with tert-alkyl or cyclic N) is 1. The van der Waals surface area contributed by atoms with Crippen molar-refractivity contribution in [2.24, 2.45) is 0 Å². The summed E-state index contributed by atoms with van der Waals surface area (Å²) < 4.78 is 0. The quantitative estimate of drug-likeness (QED) is 0.548. The molecule has 0 aromatic heterocycles. The second kappa shape index (κ2) is 3.09. The van der Waals surface area contributed by atoms with Gasteiger partial charge in [0.2, 0.25) is 0 Å². The second-order valence-corrected chi connectivity index (χ2v) is 3.80. The van der Waals surface area contributed by atoms with Crippen molar-refractivity contribution in [2.45, 2.75) is 25.0 Å². The molecule has 0 radical (unpaired) electrons. The molecule has 2 atom stereocenters. The van der Waals surface area contributed by atoms with Gasteiger partial charge in [-0.05, 0) is 34.0 Å². The lowest BCUT2D eigenvalue weighted by atomic mass is 9.90. The van der Waals surface area contributed by atoms with Crippen LogP contribution in [0.1, 0.15) is 13.3 Å². The van der Waals surface area contributed by atoms with Crippen molar-refractivity contribution < 1.29 is 5.11 Å². The standard InChI is InChI=1S/C8H18N2O/c1-8(11)6-9-5-4-7(8)10(2)3/h7,9,11H,4-6H2,1-3H3/t7-,8-/m1/s1. The van der Waals surface area contributed by atoms with Crippen LogP contribution in [-0.2, 0) is 0 Å². The fourth-order valence-corrected chi connectivity index (χ4v) is 1.82. The van der Waals surface area contributed by atoms with Crippen LogP contribution in [0.25, 0.3) is 0 Å². The van der Waals surface area contributed by atoms with Gasteiger partial charge in [-0.15, -0.1) is 0 Å². The normalized spacial score (nSPS) is 39.5. The van der Waals surface area contributed by atoms with Gasteiger partial charge in [0.25, 0.3) is 0 Å². The van der Waals surface area contributed by atoms with Crippen molar-refractivity contribution >= 4 is 0 Å². The number of nitrogens with one attached hydrogen (secondary N) is 1. The van der Waals surface area contributed by atoms with E-state index in [1.807, 2.05) is 21.0 Å². The topological polar surface area (TPSA) is 35.5 Å². The van der Waals surface area contributed by atoms with Crippen LogP contribution in [0.5, 0.6) is 0 Å². The van der Waals surface area contributed by atoms with Crippen molar-refractivity contribution in [2.75, 3.05) is 27.2 Å². The fourth-order valence-electron chi connectivity index (χ4n) is 1.82. The Labute approximate surface area is 68.4 Å². The Kier molecular flexibility index (Phi) is 2.52. The molecule has 1 heterocycles. The Morgan fingerprint density at radius 1 is 1.55 bits per heavy atom. The highest BCUT2D eigenvalue weighted by atomic mass is 16.3. The second-order valence-electron chi connectivity index (χ2n) is 3.80. The van der Waals surface area contributed by atoms with Crippen LogP contribution in [0, 0.1) is 0 Å². The van der Waals surface area contributed by atoms with E-state index in [0.29, 0.717) is 12.6 Å². The average molecular weight is 158 g/mol. The molecule has 0 aliphatic carbocycles. The van der Waals surface area contributed by atoms with Crippen LogP contribution in [0.2, 0.25) is 0 Å². The average Bonchev–Trinajstić information content (AvgIpc) is 1.85. The van der Waals surface area contributed by atoms with E-state index in [4.69, 9.17) is 0 Å². The molecule has 0 bridgehead atoms. The van der Waals surface area contributed by atoms with Gasteiger partial charge in [0.15, 0.2) is 0 Å². The van der Waals surface area contributed by atoms with Gasteiger partial charge >= 0.3 is 0 Å². The van der Waals surface area contributed by atoms with E-state index in [-0.39, 0.29) is 0 Å². The molecule has 1 aliphatic rings. The van der Waals surface area contributed by atoms with Crippen LogP contribution >= 0.6 is 0 Å². The fraction of sp³-hybridized carbons (Fsp3) is 1.00. The van der Waals surface area contributed by atoms with E-state index in [1.165, 1.54) is 0 Å². The minimum Gasteiger partial charge on any atom is -0.387 e. The molecule has 3 nitrogen and oxygen atoms in total. The lowest BCUT2D eigenvalue weighted by Crippen LogP contribution is -2.58. The number of piperidine rings is 1. The van der Waals surface area contributed by atoms with Gasteiger partial charge in [-0.1, -0.05) is 0 Å². The highest BCUT2D eigenvalue weighted by molar-refractivity contribution is 4.93. The Bertz CT molecular complexity index is 134. The largest absolute Gasteiger partial charge is 0.387 e. The molecule has 1 rings (SSSR count). The highest BCUT2D eigenvalue weighted by Crippen LogP contribution is 2.19. The molecule has 3 heteroatoms. The first kappa shape index (κ1) is 8.97. The van der Waals surface area contributed by atoms with Crippen molar-refractivity contribution in [1.82, 2.24) is 10.2 Å². The number of hydrogen-bond donors (Lipinski definition) is 2. The number of rotatable bonds is 1. The molecule has 0 amide bonds. The van der Waals surface area contributed by atoms with Crippen LogP contribution in [0.4, 0.5) is 0 Å². The smallest absolute Gasteiger partial charge is 0.0897 e. The number of hydrogen-bond acceptors (Lipinski definition) is 3. The zero-order valence-corrected chi connectivity index (χ0v) is 7.59. The van der Waals surface area contributed by atoms with Gasteiger partial charge in [0.1, 0.15) is 0 Å². The first-order chi connectivity index (χ1) is 5.04. The summed E-state index contributed by atoms with van der Waals surface area (Å²) in [5.41, 5.74) is -0.568. The number of aliphatic hydroxyl groups is 1. The van der Waals surface area contributed by atoms with Crippen molar-refractivity contribution in [1.29, 1.82) is 0 Å². The first-order valence-electron chi connectivity index (χ1n) is 4.13. The summed E-state index contributed by atoms with van der Waals surface area (Å²) in [5.74, 6) is 0. The zero-order chi connectivity index (χ0) is 8.48. The minimum absolute atomic E-state index is 0.295. The molecule has 2 N–H and O–H groups in total. The van der Waals surface area contributed by atoms with Crippen LogP contribution in [0.15, 0.2) is 0 Å². The van der Waals surface area contributed by atoms with E-state index in [9.17, 15) is 5.11 Å². The summed E-state index contributed by atoms with van der Waals surface area (Å²) in [5, 5.41) is 13.1. The van der Waals surface area contributed by atoms with Crippen molar-refractivity contribution in [3.63, 3.8) is 0 Å². The Hall–Kier alpha value is -0.120. The maximum Gasteiger partial charge on any atom is 0.0897 e. The summed E-state index contributed by atoms with van der Waals surface area (Å²) >= 11 is 0. The molecule has 0 unspecified atom stereocenters. The predicted molar refractivity (Wildman–Crippen MR) is 45.6 cm³/mol.